The second-order valence-corrected chi connectivity index (χ2v) is 14.1. The average molecular weight is 591 g/mol. The molecule has 0 bridgehead atoms. The molecule has 7 aromatic rings. The highest BCUT2D eigenvalue weighted by Crippen LogP contribution is 2.51. The van der Waals surface area contributed by atoms with Crippen molar-refractivity contribution in [1.29, 1.82) is 0 Å². The van der Waals surface area contributed by atoms with Crippen LogP contribution in [0.3, 0.4) is 0 Å². The van der Waals surface area contributed by atoms with Gasteiger partial charge in [0.1, 0.15) is 0 Å². The van der Waals surface area contributed by atoms with E-state index in [1.54, 1.807) is 0 Å². The molecule has 4 unspecified atom stereocenters. The van der Waals surface area contributed by atoms with Crippen molar-refractivity contribution in [3.05, 3.63) is 163 Å². The Labute approximate surface area is 267 Å². The zero-order valence-corrected chi connectivity index (χ0v) is 25.5. The van der Waals surface area contributed by atoms with E-state index in [1.165, 1.54) is 76.1 Å². The van der Waals surface area contributed by atoms with Crippen LogP contribution in [0, 0.1) is 11.8 Å². The first-order valence-electron chi connectivity index (χ1n) is 16.0. The highest BCUT2D eigenvalue weighted by Gasteiger charge is 2.41. The fourth-order valence-electron chi connectivity index (χ4n) is 8.29. The van der Waals surface area contributed by atoms with E-state index in [-0.39, 0.29) is 0 Å². The van der Waals surface area contributed by atoms with Gasteiger partial charge < -0.3 is 0 Å². The van der Waals surface area contributed by atoms with E-state index in [0.29, 0.717) is 22.3 Å². The van der Waals surface area contributed by atoms with Gasteiger partial charge in [-0.3, -0.25) is 0 Å². The van der Waals surface area contributed by atoms with Crippen molar-refractivity contribution < 1.29 is 0 Å². The molecule has 4 atom stereocenters. The molecule has 3 aliphatic rings. The largest absolute Gasteiger partial charge is 0.146 e. The first kappa shape index (κ1) is 25.5. The Kier molecular flexibility index (Phi) is 5.56. The molecule has 1 heterocycles. The van der Waals surface area contributed by atoms with Crippen LogP contribution in [-0.4, -0.2) is 10.5 Å². The van der Waals surface area contributed by atoms with Gasteiger partial charge in [0.2, 0.25) is 0 Å². The summed E-state index contributed by atoms with van der Waals surface area (Å²) in [6, 6.07) is 43.1. The maximum absolute atomic E-state index is 2.58. The number of fused-ring (bicyclic) bond motifs is 11. The van der Waals surface area contributed by atoms with Gasteiger partial charge in [0.05, 0.1) is 0 Å². The molecular formula is C44H30S. The number of benzene rings is 7. The molecule has 1 fully saturated rings. The third-order valence-electron chi connectivity index (χ3n) is 10.4. The summed E-state index contributed by atoms with van der Waals surface area (Å²) in [7, 11) is 0. The predicted octanol–water partition coefficient (Wildman–Crippen LogP) is 11.9. The molecule has 0 radical (unpaired) electrons. The van der Waals surface area contributed by atoms with Crippen molar-refractivity contribution >= 4 is 71.2 Å². The normalized spacial score (nSPS) is 22.0. The molecule has 0 nitrogen and oxygen atoms in total. The minimum absolute atomic E-state index is 0.524. The molecule has 0 spiro atoms. The second kappa shape index (κ2) is 9.83. The summed E-state index contributed by atoms with van der Waals surface area (Å²) in [6.45, 7) is 0. The molecule has 1 saturated heterocycles. The maximum atomic E-state index is 2.58. The van der Waals surface area contributed by atoms with Crippen molar-refractivity contribution in [2.75, 3.05) is 0 Å². The van der Waals surface area contributed by atoms with Gasteiger partial charge >= 0.3 is 0 Å². The van der Waals surface area contributed by atoms with Crippen LogP contribution in [0.4, 0.5) is 0 Å². The van der Waals surface area contributed by atoms with E-state index >= 15 is 0 Å². The Morgan fingerprint density at radius 1 is 0.400 bits per heavy atom. The van der Waals surface area contributed by atoms with Gasteiger partial charge in [-0.1, -0.05) is 140 Å². The van der Waals surface area contributed by atoms with Crippen LogP contribution in [0.15, 0.2) is 158 Å². The summed E-state index contributed by atoms with van der Waals surface area (Å²) in [5.74, 6) is 1.09. The quantitative estimate of drug-likeness (QED) is 0.181. The highest BCUT2D eigenvalue weighted by atomic mass is 32.2. The monoisotopic (exact) mass is 590 g/mol. The lowest BCUT2D eigenvalue weighted by Gasteiger charge is -2.24. The molecule has 0 N–H and O–H groups in total. The molecule has 212 valence electrons. The third kappa shape index (κ3) is 3.81. The van der Waals surface area contributed by atoms with E-state index in [0.717, 1.165) is 0 Å². The van der Waals surface area contributed by atoms with Crippen LogP contribution in [0.1, 0.15) is 5.56 Å². The van der Waals surface area contributed by atoms with Crippen LogP contribution in [0.5, 0.6) is 0 Å². The zero-order chi connectivity index (χ0) is 29.5. The lowest BCUT2D eigenvalue weighted by atomic mass is 9.79. The lowest BCUT2D eigenvalue weighted by Crippen LogP contribution is -2.20. The van der Waals surface area contributed by atoms with E-state index in [1.807, 2.05) is 0 Å². The van der Waals surface area contributed by atoms with Crippen LogP contribution in [-0.2, 0) is 0 Å². The zero-order valence-electron chi connectivity index (χ0n) is 24.7. The standard InChI is InChI=1S/C44H30S/c1-2-12-29-27(11-1)23-38(32-15-5-3-13-30(29)32)40-26-41-33-16-6-4-14-31(33)37(25-39(41)34-17-7-8-18-35(34)40)28-21-22-44-42(24-28)36-19-9-10-20-43(36)45-44/h1-26,36,42-44H. The number of hydrogen-bond donors (Lipinski definition) is 0. The highest BCUT2D eigenvalue weighted by molar-refractivity contribution is 8.01. The maximum Gasteiger partial charge on any atom is 0.0305 e. The first-order valence-corrected chi connectivity index (χ1v) is 16.9. The van der Waals surface area contributed by atoms with E-state index in [4.69, 9.17) is 0 Å². The van der Waals surface area contributed by atoms with Gasteiger partial charge in [-0.25, -0.2) is 0 Å². The summed E-state index contributed by atoms with van der Waals surface area (Å²) in [4.78, 5) is 0. The van der Waals surface area contributed by atoms with Crippen molar-refractivity contribution in [2.45, 2.75) is 10.5 Å². The number of thioether (sulfide) groups is 1. The Morgan fingerprint density at radius 2 is 0.911 bits per heavy atom. The summed E-state index contributed by atoms with van der Waals surface area (Å²) in [5.41, 5.74) is 5.28. The Hall–Kier alpha value is -4.85. The smallest absolute Gasteiger partial charge is 0.0305 e. The summed E-state index contributed by atoms with van der Waals surface area (Å²) < 4.78 is 0. The number of hydrogen-bond acceptors (Lipinski definition) is 1. The minimum atomic E-state index is 0.524. The van der Waals surface area contributed by atoms with E-state index < -0.39 is 0 Å². The van der Waals surface area contributed by atoms with E-state index in [9.17, 15) is 0 Å². The SMILES string of the molecule is C1=CC2SC3C=CC(c4cc5c6ccccc6c(-c6cc7ccccc7c7ccccc67)cc5c5ccccc45)=CC3C2C=C1. The molecular weight excluding hydrogens is 561 g/mol. The molecule has 10 rings (SSSR count). The summed E-state index contributed by atoms with van der Waals surface area (Å²) in [5, 5.41) is 14.2. The van der Waals surface area contributed by atoms with Crippen molar-refractivity contribution in [3.8, 4) is 11.1 Å². The Morgan fingerprint density at radius 3 is 1.62 bits per heavy atom. The Balaban J connectivity index is 1.26. The second-order valence-electron chi connectivity index (χ2n) is 12.7. The minimum Gasteiger partial charge on any atom is -0.146 e. The third-order valence-corrected chi connectivity index (χ3v) is 11.9. The molecule has 0 saturated carbocycles. The molecule has 0 amide bonds. The molecule has 0 aromatic heterocycles. The molecule has 7 aromatic carbocycles. The van der Waals surface area contributed by atoms with Gasteiger partial charge in [-0.05, 0) is 94.3 Å². The number of rotatable bonds is 2. The topological polar surface area (TPSA) is 0 Å². The fourth-order valence-corrected chi connectivity index (χ4v) is 9.90. The van der Waals surface area contributed by atoms with E-state index in [2.05, 4.69) is 170 Å². The van der Waals surface area contributed by atoms with Gasteiger partial charge in [0.15, 0.2) is 0 Å². The predicted molar refractivity (Wildman–Crippen MR) is 197 cm³/mol. The molecule has 1 heteroatoms. The van der Waals surface area contributed by atoms with Crippen molar-refractivity contribution in [2.24, 2.45) is 11.8 Å². The van der Waals surface area contributed by atoms with Gasteiger partial charge in [0.25, 0.3) is 0 Å². The summed E-state index contributed by atoms with van der Waals surface area (Å²) in [6.07, 6.45) is 16.7. The van der Waals surface area contributed by atoms with Gasteiger partial charge in [-0.2, -0.15) is 0 Å². The van der Waals surface area contributed by atoms with Gasteiger partial charge in [0, 0.05) is 22.3 Å². The first-order chi connectivity index (χ1) is 22.3. The van der Waals surface area contributed by atoms with Crippen LogP contribution >= 0.6 is 11.8 Å². The van der Waals surface area contributed by atoms with Crippen molar-refractivity contribution in [1.82, 2.24) is 0 Å². The van der Waals surface area contributed by atoms with Crippen LogP contribution in [0.2, 0.25) is 0 Å². The molecule has 45 heavy (non-hydrogen) atoms. The van der Waals surface area contributed by atoms with Crippen LogP contribution in [0.25, 0.3) is 70.6 Å². The summed E-state index contributed by atoms with van der Waals surface area (Å²) >= 11 is 2.12. The average Bonchev–Trinajstić information content (AvgIpc) is 3.48. The number of allylic oxidation sites excluding steroid dienone is 6. The van der Waals surface area contributed by atoms with Crippen LogP contribution < -0.4 is 0 Å². The van der Waals surface area contributed by atoms with Crippen molar-refractivity contribution in [3.63, 3.8) is 0 Å². The lowest BCUT2D eigenvalue weighted by molar-refractivity contribution is 0.528. The van der Waals surface area contributed by atoms with Gasteiger partial charge in [-0.15, -0.1) is 11.8 Å². The molecule has 2 aliphatic carbocycles. The fraction of sp³-hybridized carbons (Fsp3) is 0.0909. The molecule has 1 aliphatic heterocycles. The Bertz CT molecular complexity index is 2490.